The van der Waals surface area contributed by atoms with E-state index in [1.807, 2.05) is 6.92 Å². The molecule has 4 rings (SSSR count). The number of hydrogen-bond acceptors (Lipinski definition) is 4. The van der Waals surface area contributed by atoms with Gasteiger partial charge in [0.25, 0.3) is 0 Å². The molecule has 4 aliphatic rings. The highest BCUT2D eigenvalue weighted by molar-refractivity contribution is 5.77. The second-order valence-electron chi connectivity index (χ2n) is 9.81. The van der Waals surface area contributed by atoms with Crippen molar-refractivity contribution in [3.05, 3.63) is 0 Å². The Hall–Kier alpha value is -1.10. The van der Waals surface area contributed by atoms with E-state index in [4.69, 9.17) is 9.47 Å². The van der Waals surface area contributed by atoms with Crippen LogP contribution in [0.5, 0.6) is 0 Å². The van der Waals surface area contributed by atoms with Crippen molar-refractivity contribution in [1.82, 2.24) is 5.32 Å². The fourth-order valence-electron chi connectivity index (χ4n) is 7.30. The average Bonchev–Trinajstić information content (AvgIpc) is 2.97. The Kier molecular flexibility index (Phi) is 5.02. The average molecular weight is 378 g/mol. The summed E-state index contributed by atoms with van der Waals surface area (Å²) in [4.78, 5) is 23.6. The van der Waals surface area contributed by atoms with Gasteiger partial charge in [-0.25, -0.2) is 4.79 Å². The zero-order valence-electron chi connectivity index (χ0n) is 17.1. The lowest BCUT2D eigenvalue weighted by molar-refractivity contribution is -0.158. The van der Waals surface area contributed by atoms with E-state index >= 15 is 0 Å². The van der Waals surface area contributed by atoms with Crippen molar-refractivity contribution in [1.29, 1.82) is 0 Å². The maximum atomic E-state index is 11.9. The summed E-state index contributed by atoms with van der Waals surface area (Å²) < 4.78 is 11.1. The molecular weight excluding hydrogens is 342 g/mol. The van der Waals surface area contributed by atoms with Crippen LogP contribution in [0.1, 0.15) is 72.1 Å². The molecule has 7 atom stereocenters. The fourth-order valence-corrected chi connectivity index (χ4v) is 7.30. The van der Waals surface area contributed by atoms with Crippen molar-refractivity contribution in [2.24, 2.45) is 28.6 Å². The van der Waals surface area contributed by atoms with Crippen LogP contribution >= 0.6 is 0 Å². The molecule has 0 aromatic rings. The van der Waals surface area contributed by atoms with Crippen molar-refractivity contribution < 1.29 is 19.1 Å². The van der Waals surface area contributed by atoms with Crippen LogP contribution < -0.4 is 5.32 Å². The second kappa shape index (κ2) is 7.06. The summed E-state index contributed by atoms with van der Waals surface area (Å²) in [7, 11) is 0. The van der Waals surface area contributed by atoms with Crippen molar-refractivity contribution in [3.63, 3.8) is 0 Å². The number of piperidine rings is 1. The van der Waals surface area contributed by atoms with Crippen molar-refractivity contribution in [2.75, 3.05) is 13.2 Å². The fraction of sp³-hybridized carbons (Fsp3) is 0.909. The van der Waals surface area contributed by atoms with E-state index in [9.17, 15) is 9.59 Å². The van der Waals surface area contributed by atoms with Gasteiger partial charge in [-0.3, -0.25) is 4.79 Å². The van der Waals surface area contributed by atoms with E-state index in [0.717, 1.165) is 25.2 Å². The number of esters is 1. The number of fused-ring (bicyclic) bond motifs is 5. The lowest BCUT2D eigenvalue weighted by Crippen LogP contribution is -2.61. The summed E-state index contributed by atoms with van der Waals surface area (Å²) in [5.41, 5.74) is 0.427. The third-order valence-corrected chi connectivity index (χ3v) is 8.72. The molecule has 1 aliphatic heterocycles. The summed E-state index contributed by atoms with van der Waals surface area (Å²) in [6.07, 6.45) is 8.88. The van der Waals surface area contributed by atoms with Crippen molar-refractivity contribution >= 4 is 11.9 Å². The molecule has 3 saturated carbocycles. The Balaban J connectivity index is 1.47. The molecule has 1 saturated heterocycles. The summed E-state index contributed by atoms with van der Waals surface area (Å²) in [6.45, 7) is 7.15. The first-order valence-corrected chi connectivity index (χ1v) is 10.9. The Morgan fingerprint density at radius 1 is 1.07 bits per heavy atom. The minimum Gasteiger partial charge on any atom is -0.464 e. The van der Waals surface area contributed by atoms with E-state index in [0.29, 0.717) is 30.9 Å². The van der Waals surface area contributed by atoms with Gasteiger partial charge in [0.15, 0.2) is 0 Å². The molecule has 0 spiro atoms. The van der Waals surface area contributed by atoms with Crippen LogP contribution in [0.4, 0.5) is 0 Å². The van der Waals surface area contributed by atoms with E-state index in [2.05, 4.69) is 19.2 Å². The molecule has 0 unspecified atom stereocenters. The molecule has 27 heavy (non-hydrogen) atoms. The number of carbonyl (C=O) groups is 2. The lowest BCUT2D eigenvalue weighted by atomic mass is 9.47. The van der Waals surface area contributed by atoms with E-state index in [1.54, 1.807) is 0 Å². The van der Waals surface area contributed by atoms with Gasteiger partial charge in [-0.15, -0.1) is 0 Å². The quantitative estimate of drug-likeness (QED) is 0.762. The van der Waals surface area contributed by atoms with Crippen LogP contribution in [0.15, 0.2) is 0 Å². The van der Waals surface area contributed by atoms with E-state index in [1.165, 1.54) is 25.7 Å². The molecule has 3 aliphatic carbocycles. The first-order valence-electron chi connectivity index (χ1n) is 10.9. The van der Waals surface area contributed by atoms with Gasteiger partial charge in [0.2, 0.25) is 5.91 Å². The van der Waals surface area contributed by atoms with Crippen LogP contribution in [0.25, 0.3) is 0 Å². The molecule has 0 bridgehead atoms. The monoisotopic (exact) mass is 377 g/mol. The zero-order valence-corrected chi connectivity index (χ0v) is 17.1. The summed E-state index contributed by atoms with van der Waals surface area (Å²) >= 11 is 0. The van der Waals surface area contributed by atoms with Crippen LogP contribution in [0.2, 0.25) is 0 Å². The van der Waals surface area contributed by atoms with Gasteiger partial charge in [0.1, 0.15) is 6.61 Å². The number of amides is 1. The number of rotatable bonds is 4. The minimum atomic E-state index is -0.246. The van der Waals surface area contributed by atoms with E-state index in [-0.39, 0.29) is 35.4 Å². The molecule has 5 heteroatoms. The van der Waals surface area contributed by atoms with Gasteiger partial charge >= 0.3 is 5.97 Å². The Bertz CT molecular complexity index is 607. The molecule has 0 radical (unpaired) electrons. The van der Waals surface area contributed by atoms with Gasteiger partial charge in [0.05, 0.1) is 12.7 Å². The topological polar surface area (TPSA) is 64.6 Å². The normalized spacial score (nSPS) is 46.0. The molecule has 1 heterocycles. The maximum Gasteiger partial charge on any atom is 0.332 e. The second-order valence-corrected chi connectivity index (χ2v) is 9.81. The van der Waals surface area contributed by atoms with Crippen molar-refractivity contribution in [3.8, 4) is 0 Å². The minimum absolute atomic E-state index is 0.0841. The zero-order chi connectivity index (χ0) is 19.2. The Labute approximate surface area is 162 Å². The largest absolute Gasteiger partial charge is 0.464 e. The van der Waals surface area contributed by atoms with Crippen LogP contribution in [0, 0.1) is 28.6 Å². The first kappa shape index (κ1) is 19.2. The Morgan fingerprint density at radius 2 is 1.85 bits per heavy atom. The first-order chi connectivity index (χ1) is 12.9. The van der Waals surface area contributed by atoms with Crippen LogP contribution in [-0.4, -0.2) is 37.2 Å². The lowest BCUT2D eigenvalue weighted by Gasteiger charge is -2.60. The van der Waals surface area contributed by atoms with E-state index < -0.39 is 0 Å². The summed E-state index contributed by atoms with van der Waals surface area (Å²) in [5.74, 6) is 2.11. The molecule has 0 aromatic carbocycles. The number of ether oxygens (including phenoxy) is 2. The molecule has 0 aromatic heterocycles. The maximum absolute atomic E-state index is 11.9. The van der Waals surface area contributed by atoms with Gasteiger partial charge in [-0.2, -0.15) is 0 Å². The highest BCUT2D eigenvalue weighted by Gasteiger charge is 2.60. The van der Waals surface area contributed by atoms with Crippen LogP contribution in [0.3, 0.4) is 0 Å². The highest BCUT2D eigenvalue weighted by atomic mass is 16.6. The van der Waals surface area contributed by atoms with Gasteiger partial charge < -0.3 is 14.8 Å². The summed E-state index contributed by atoms with van der Waals surface area (Å²) in [5, 5.41) is 3.30. The van der Waals surface area contributed by atoms with Gasteiger partial charge in [-0.05, 0) is 80.5 Å². The highest BCUT2D eigenvalue weighted by Crippen LogP contribution is 2.64. The van der Waals surface area contributed by atoms with Crippen molar-refractivity contribution in [2.45, 2.75) is 84.3 Å². The molecule has 4 fully saturated rings. The molecule has 1 amide bonds. The van der Waals surface area contributed by atoms with Gasteiger partial charge in [0, 0.05) is 12.5 Å². The molecular formula is C22H35NO4. The SMILES string of the molecule is CCOC(=O)CO[C@H]1CC[C@H]2[C@@H]3CC[C@H]4NC(=O)CC[C@]4(C)[C@H]3CC[C@]12C. The predicted octanol–water partition coefficient (Wildman–Crippen LogP) is 3.46. The van der Waals surface area contributed by atoms with Crippen LogP contribution in [-0.2, 0) is 19.1 Å². The predicted molar refractivity (Wildman–Crippen MR) is 102 cm³/mol. The molecule has 152 valence electrons. The number of nitrogens with one attached hydrogen (secondary N) is 1. The smallest absolute Gasteiger partial charge is 0.332 e. The molecule has 1 N–H and O–H groups in total. The van der Waals surface area contributed by atoms with Gasteiger partial charge in [-0.1, -0.05) is 13.8 Å². The Morgan fingerprint density at radius 3 is 2.63 bits per heavy atom. The third kappa shape index (κ3) is 3.10. The summed E-state index contributed by atoms with van der Waals surface area (Å²) in [6, 6.07) is 0.363. The number of carbonyl (C=O) groups excluding carboxylic acids is 2. The standard InChI is InChI=1S/C22H35NO4/c1-4-26-20(25)13-27-18-8-6-15-14-5-7-17-21(2,12-10-19(24)23-17)16(14)9-11-22(15,18)3/h14-18H,4-13H2,1-3H3,(H,23,24)/t14-,15-,16-,17+,18-,21+,22-/m0/s1. The molecule has 5 nitrogen and oxygen atoms in total. The number of hydrogen-bond donors (Lipinski definition) is 1. The third-order valence-electron chi connectivity index (χ3n) is 8.72.